The molecule has 2 unspecified atom stereocenters. The van der Waals surface area contributed by atoms with E-state index in [0.29, 0.717) is 5.92 Å². The SMILES string of the molecule is CC1CCCC2(C1)Nc1ccc(Br)cc1NC2=O. The van der Waals surface area contributed by atoms with Gasteiger partial charge in [0.1, 0.15) is 5.54 Å². The summed E-state index contributed by atoms with van der Waals surface area (Å²) in [5.74, 6) is 0.730. The van der Waals surface area contributed by atoms with Crippen molar-refractivity contribution in [1.29, 1.82) is 0 Å². The first-order valence-electron chi connectivity index (χ1n) is 6.48. The summed E-state index contributed by atoms with van der Waals surface area (Å²) in [5, 5.41) is 6.54. The van der Waals surface area contributed by atoms with Gasteiger partial charge in [-0.3, -0.25) is 4.79 Å². The predicted octanol–water partition coefficient (Wildman–Crippen LogP) is 3.76. The molecule has 3 nitrogen and oxygen atoms in total. The smallest absolute Gasteiger partial charge is 0.250 e. The van der Waals surface area contributed by atoms with Crippen molar-refractivity contribution < 1.29 is 4.79 Å². The van der Waals surface area contributed by atoms with Crippen molar-refractivity contribution in [1.82, 2.24) is 0 Å². The Hall–Kier alpha value is -1.03. The minimum Gasteiger partial charge on any atom is -0.370 e. The number of benzene rings is 1. The highest BCUT2D eigenvalue weighted by molar-refractivity contribution is 9.10. The average Bonchev–Trinajstić information content (AvgIpc) is 2.31. The van der Waals surface area contributed by atoms with Gasteiger partial charge in [0.25, 0.3) is 0 Å². The van der Waals surface area contributed by atoms with Crippen LogP contribution in [0.5, 0.6) is 0 Å². The van der Waals surface area contributed by atoms with E-state index in [1.165, 1.54) is 6.42 Å². The fourth-order valence-corrected chi connectivity index (χ4v) is 3.52. The molecular formula is C14H17BrN2O. The molecule has 18 heavy (non-hydrogen) atoms. The summed E-state index contributed by atoms with van der Waals surface area (Å²) in [6.45, 7) is 2.23. The third-order valence-corrected chi connectivity index (χ3v) is 4.53. The zero-order valence-corrected chi connectivity index (χ0v) is 12.0. The lowest BCUT2D eigenvalue weighted by Crippen LogP contribution is -2.54. The molecule has 2 atom stereocenters. The number of carbonyl (C=O) groups excluding carboxylic acids is 1. The van der Waals surface area contributed by atoms with Gasteiger partial charge in [-0.2, -0.15) is 0 Å². The largest absolute Gasteiger partial charge is 0.370 e. The molecule has 0 bridgehead atoms. The Morgan fingerprint density at radius 1 is 1.39 bits per heavy atom. The van der Waals surface area contributed by atoms with Crippen molar-refractivity contribution in [3.05, 3.63) is 22.7 Å². The molecule has 0 aromatic heterocycles. The first kappa shape index (κ1) is 12.0. The highest BCUT2D eigenvalue weighted by Crippen LogP contribution is 2.41. The van der Waals surface area contributed by atoms with Crippen molar-refractivity contribution in [2.75, 3.05) is 10.6 Å². The quantitative estimate of drug-likeness (QED) is 0.766. The molecule has 0 radical (unpaired) electrons. The lowest BCUT2D eigenvalue weighted by atomic mass is 9.75. The number of anilines is 2. The van der Waals surface area contributed by atoms with Gasteiger partial charge in [0.2, 0.25) is 5.91 Å². The van der Waals surface area contributed by atoms with E-state index in [-0.39, 0.29) is 5.91 Å². The van der Waals surface area contributed by atoms with E-state index in [0.717, 1.165) is 35.1 Å². The Morgan fingerprint density at radius 3 is 3.00 bits per heavy atom. The van der Waals surface area contributed by atoms with Crippen molar-refractivity contribution in [2.24, 2.45) is 5.92 Å². The van der Waals surface area contributed by atoms with Gasteiger partial charge in [-0.1, -0.05) is 35.7 Å². The van der Waals surface area contributed by atoms with Crippen LogP contribution in [-0.2, 0) is 4.79 Å². The normalized spacial score (nSPS) is 30.6. The summed E-state index contributed by atoms with van der Waals surface area (Å²) in [6.07, 6.45) is 4.20. The van der Waals surface area contributed by atoms with Crippen LogP contribution < -0.4 is 10.6 Å². The topological polar surface area (TPSA) is 41.1 Å². The molecule has 1 heterocycles. The molecule has 96 valence electrons. The van der Waals surface area contributed by atoms with Gasteiger partial charge in [0, 0.05) is 4.47 Å². The van der Waals surface area contributed by atoms with Gasteiger partial charge in [-0.25, -0.2) is 0 Å². The summed E-state index contributed by atoms with van der Waals surface area (Å²) in [5.41, 5.74) is 1.52. The predicted molar refractivity (Wildman–Crippen MR) is 76.8 cm³/mol. The van der Waals surface area contributed by atoms with E-state index in [1.54, 1.807) is 0 Å². The van der Waals surface area contributed by atoms with Crippen LogP contribution in [0, 0.1) is 5.92 Å². The molecule has 2 aliphatic rings. The zero-order valence-electron chi connectivity index (χ0n) is 10.4. The molecule has 1 fully saturated rings. The Kier molecular flexibility index (Phi) is 2.85. The van der Waals surface area contributed by atoms with Crippen LogP contribution in [0.25, 0.3) is 0 Å². The second kappa shape index (κ2) is 4.26. The van der Waals surface area contributed by atoms with Crippen LogP contribution in [0.1, 0.15) is 32.6 Å². The molecule has 3 rings (SSSR count). The minimum absolute atomic E-state index is 0.125. The molecule has 1 aliphatic carbocycles. The number of carbonyl (C=O) groups is 1. The van der Waals surface area contributed by atoms with Gasteiger partial charge in [-0.15, -0.1) is 0 Å². The van der Waals surface area contributed by atoms with Gasteiger partial charge in [0.15, 0.2) is 0 Å². The fraction of sp³-hybridized carbons (Fsp3) is 0.500. The highest BCUT2D eigenvalue weighted by atomic mass is 79.9. The first-order valence-corrected chi connectivity index (χ1v) is 7.28. The molecule has 1 aromatic rings. The van der Waals surface area contributed by atoms with E-state index < -0.39 is 5.54 Å². The minimum atomic E-state index is -0.390. The van der Waals surface area contributed by atoms with E-state index in [1.807, 2.05) is 18.2 Å². The van der Waals surface area contributed by atoms with Gasteiger partial charge in [0.05, 0.1) is 11.4 Å². The molecule has 1 amide bonds. The average molecular weight is 309 g/mol. The summed E-state index contributed by atoms with van der Waals surface area (Å²) in [7, 11) is 0. The molecule has 1 aromatic carbocycles. The molecular weight excluding hydrogens is 292 g/mol. The maximum Gasteiger partial charge on any atom is 0.250 e. The molecule has 1 saturated carbocycles. The van der Waals surface area contributed by atoms with Crippen LogP contribution in [0.3, 0.4) is 0 Å². The van der Waals surface area contributed by atoms with Gasteiger partial charge in [-0.05, 0) is 37.0 Å². The summed E-state index contributed by atoms with van der Waals surface area (Å²) < 4.78 is 0.983. The standard InChI is InChI=1S/C14H17BrN2O/c1-9-3-2-6-14(8-9)13(18)16-12-7-10(15)4-5-11(12)17-14/h4-5,7,9,17H,2-3,6,8H2,1H3,(H,16,18). The van der Waals surface area contributed by atoms with Crippen LogP contribution in [-0.4, -0.2) is 11.4 Å². The van der Waals surface area contributed by atoms with E-state index >= 15 is 0 Å². The number of rotatable bonds is 0. The Morgan fingerprint density at radius 2 is 2.22 bits per heavy atom. The van der Waals surface area contributed by atoms with E-state index in [4.69, 9.17) is 0 Å². The Bertz CT molecular complexity index is 503. The third-order valence-electron chi connectivity index (χ3n) is 4.04. The second-order valence-corrected chi connectivity index (χ2v) is 6.47. The molecule has 0 saturated heterocycles. The van der Waals surface area contributed by atoms with Crippen molar-refractivity contribution in [3.8, 4) is 0 Å². The number of halogens is 1. The van der Waals surface area contributed by atoms with Crippen LogP contribution >= 0.6 is 15.9 Å². The van der Waals surface area contributed by atoms with Crippen molar-refractivity contribution in [2.45, 2.75) is 38.1 Å². The molecule has 1 aliphatic heterocycles. The third kappa shape index (κ3) is 1.92. The highest BCUT2D eigenvalue weighted by Gasteiger charge is 2.44. The summed E-state index contributed by atoms with van der Waals surface area (Å²) in [4.78, 5) is 12.4. The van der Waals surface area contributed by atoms with Crippen LogP contribution in [0.4, 0.5) is 11.4 Å². The van der Waals surface area contributed by atoms with Crippen molar-refractivity contribution >= 4 is 33.2 Å². The summed E-state index contributed by atoms with van der Waals surface area (Å²) >= 11 is 3.43. The van der Waals surface area contributed by atoms with Gasteiger partial charge < -0.3 is 10.6 Å². The second-order valence-electron chi connectivity index (χ2n) is 5.55. The number of hydrogen-bond acceptors (Lipinski definition) is 2. The number of nitrogens with one attached hydrogen (secondary N) is 2. The zero-order chi connectivity index (χ0) is 12.8. The number of hydrogen-bond donors (Lipinski definition) is 2. The van der Waals surface area contributed by atoms with Crippen LogP contribution in [0.15, 0.2) is 22.7 Å². The monoisotopic (exact) mass is 308 g/mol. The maximum atomic E-state index is 12.4. The Labute approximate surface area is 115 Å². The summed E-state index contributed by atoms with van der Waals surface area (Å²) in [6, 6.07) is 5.97. The van der Waals surface area contributed by atoms with E-state index in [2.05, 4.69) is 33.5 Å². The first-order chi connectivity index (χ1) is 8.59. The lowest BCUT2D eigenvalue weighted by molar-refractivity contribution is -0.122. The molecule has 4 heteroatoms. The fourth-order valence-electron chi connectivity index (χ4n) is 3.16. The Balaban J connectivity index is 1.96. The molecule has 2 N–H and O–H groups in total. The van der Waals surface area contributed by atoms with E-state index in [9.17, 15) is 4.79 Å². The van der Waals surface area contributed by atoms with Gasteiger partial charge >= 0.3 is 0 Å². The number of amides is 1. The van der Waals surface area contributed by atoms with Crippen molar-refractivity contribution in [3.63, 3.8) is 0 Å². The molecule has 1 spiro atoms. The lowest BCUT2D eigenvalue weighted by Gasteiger charge is -2.43. The number of fused-ring (bicyclic) bond motifs is 1. The maximum absolute atomic E-state index is 12.4. The van der Waals surface area contributed by atoms with Crippen LogP contribution in [0.2, 0.25) is 0 Å².